The maximum absolute atomic E-state index is 12.2. The van der Waals surface area contributed by atoms with Gasteiger partial charge in [-0.15, -0.1) is 0 Å². The minimum absolute atomic E-state index is 0.120. The molecule has 0 aliphatic carbocycles. The second kappa shape index (κ2) is 8.08. The van der Waals surface area contributed by atoms with Crippen molar-refractivity contribution < 1.29 is 14.6 Å². The first-order valence-electron chi connectivity index (χ1n) is 8.21. The lowest BCUT2D eigenvalue weighted by atomic mass is 10.1. The van der Waals surface area contributed by atoms with Gasteiger partial charge >= 0.3 is 0 Å². The average Bonchev–Trinajstić information content (AvgIpc) is 2.70. The first-order valence-corrected chi connectivity index (χ1v) is 8.21. The van der Waals surface area contributed by atoms with Crippen molar-refractivity contribution in [3.63, 3.8) is 0 Å². The Bertz CT molecular complexity index is 1160. The molecule has 1 amide bonds. The van der Waals surface area contributed by atoms with Crippen LogP contribution in [-0.4, -0.2) is 25.5 Å². The number of nitrogens with one attached hydrogen (secondary N) is 1. The molecule has 146 valence electrons. The minimum atomic E-state index is -0.565. The SMILES string of the molecule is O=C(Cn1nc(-c2cccc([N+](=O)[O-])c2)ccc1=O)Nc1ccc([N+](=O)[O-])cc1. The fourth-order valence-corrected chi connectivity index (χ4v) is 2.50. The van der Waals surface area contributed by atoms with Crippen molar-refractivity contribution in [3.8, 4) is 11.3 Å². The van der Waals surface area contributed by atoms with Gasteiger partial charge in [-0.25, -0.2) is 4.68 Å². The van der Waals surface area contributed by atoms with Gasteiger partial charge in [0.2, 0.25) is 5.91 Å². The Morgan fingerprint density at radius 3 is 2.31 bits per heavy atom. The smallest absolute Gasteiger partial charge is 0.270 e. The highest BCUT2D eigenvalue weighted by molar-refractivity contribution is 5.90. The molecule has 0 bridgehead atoms. The van der Waals surface area contributed by atoms with Crippen LogP contribution in [0.25, 0.3) is 11.3 Å². The van der Waals surface area contributed by atoms with E-state index in [9.17, 15) is 29.8 Å². The third-order valence-electron chi connectivity index (χ3n) is 3.87. The Labute approximate surface area is 162 Å². The highest BCUT2D eigenvalue weighted by Crippen LogP contribution is 2.21. The number of carbonyl (C=O) groups is 1. The lowest BCUT2D eigenvalue weighted by molar-refractivity contribution is -0.385. The molecule has 0 saturated heterocycles. The van der Waals surface area contributed by atoms with Crippen LogP contribution in [0.2, 0.25) is 0 Å². The fourth-order valence-electron chi connectivity index (χ4n) is 2.50. The highest BCUT2D eigenvalue weighted by atomic mass is 16.6. The van der Waals surface area contributed by atoms with E-state index in [4.69, 9.17) is 0 Å². The minimum Gasteiger partial charge on any atom is -0.324 e. The normalized spacial score (nSPS) is 10.3. The predicted molar refractivity (Wildman–Crippen MR) is 102 cm³/mol. The molecule has 1 aromatic heterocycles. The van der Waals surface area contributed by atoms with E-state index in [0.717, 1.165) is 4.68 Å². The van der Waals surface area contributed by atoms with Crippen LogP contribution in [0.4, 0.5) is 17.1 Å². The van der Waals surface area contributed by atoms with Gasteiger partial charge in [0, 0.05) is 41.6 Å². The zero-order valence-electron chi connectivity index (χ0n) is 14.7. The zero-order chi connectivity index (χ0) is 21.0. The van der Waals surface area contributed by atoms with Crippen molar-refractivity contribution >= 4 is 23.0 Å². The monoisotopic (exact) mass is 395 g/mol. The number of hydrogen-bond donors (Lipinski definition) is 1. The summed E-state index contributed by atoms with van der Waals surface area (Å²) in [5.41, 5.74) is 0.255. The number of nitro benzene ring substituents is 2. The maximum Gasteiger partial charge on any atom is 0.270 e. The second-order valence-electron chi connectivity index (χ2n) is 5.87. The Morgan fingerprint density at radius 2 is 1.66 bits per heavy atom. The Kier molecular flexibility index (Phi) is 5.39. The Morgan fingerprint density at radius 1 is 0.966 bits per heavy atom. The van der Waals surface area contributed by atoms with Crippen LogP contribution in [-0.2, 0) is 11.3 Å². The van der Waals surface area contributed by atoms with Gasteiger partial charge in [0.15, 0.2) is 0 Å². The molecular weight excluding hydrogens is 382 g/mol. The molecule has 0 aliphatic heterocycles. The molecule has 11 nitrogen and oxygen atoms in total. The number of anilines is 1. The number of non-ortho nitro benzene ring substituents is 2. The van der Waals surface area contributed by atoms with Crippen LogP contribution >= 0.6 is 0 Å². The van der Waals surface area contributed by atoms with E-state index in [1.54, 1.807) is 6.07 Å². The van der Waals surface area contributed by atoms with E-state index < -0.39 is 27.9 Å². The van der Waals surface area contributed by atoms with Crippen LogP contribution in [0.1, 0.15) is 0 Å². The van der Waals surface area contributed by atoms with Crippen molar-refractivity contribution in [1.29, 1.82) is 0 Å². The molecule has 11 heteroatoms. The summed E-state index contributed by atoms with van der Waals surface area (Å²) in [6.45, 7) is -0.404. The molecule has 0 fully saturated rings. The average molecular weight is 395 g/mol. The van der Waals surface area contributed by atoms with E-state index >= 15 is 0 Å². The van der Waals surface area contributed by atoms with Crippen LogP contribution in [0.5, 0.6) is 0 Å². The van der Waals surface area contributed by atoms with Gasteiger partial charge in [0.05, 0.1) is 15.5 Å². The largest absolute Gasteiger partial charge is 0.324 e. The molecule has 29 heavy (non-hydrogen) atoms. The lowest BCUT2D eigenvalue weighted by Gasteiger charge is -2.08. The summed E-state index contributed by atoms with van der Waals surface area (Å²) in [7, 11) is 0. The van der Waals surface area contributed by atoms with Crippen LogP contribution < -0.4 is 10.9 Å². The fraction of sp³-hybridized carbons (Fsp3) is 0.0556. The van der Waals surface area contributed by atoms with E-state index in [0.29, 0.717) is 11.3 Å². The van der Waals surface area contributed by atoms with Crippen molar-refractivity contribution in [3.05, 3.63) is 91.2 Å². The molecule has 0 atom stereocenters. The van der Waals surface area contributed by atoms with Gasteiger partial charge in [-0.1, -0.05) is 12.1 Å². The summed E-state index contributed by atoms with van der Waals surface area (Å²) in [6, 6.07) is 13.6. The summed E-state index contributed by atoms with van der Waals surface area (Å²) < 4.78 is 0.925. The Balaban J connectivity index is 1.78. The lowest BCUT2D eigenvalue weighted by Crippen LogP contribution is -2.29. The molecule has 1 heterocycles. The molecule has 2 aromatic carbocycles. The standard InChI is InChI=1S/C18H13N5O6/c24-17(19-13-4-6-14(7-5-13)22(26)27)11-21-18(25)9-8-16(20-21)12-2-1-3-15(10-12)23(28)29/h1-10H,11H2,(H,19,24). The molecule has 0 saturated carbocycles. The van der Waals surface area contributed by atoms with Gasteiger partial charge in [-0.05, 0) is 18.2 Å². The van der Waals surface area contributed by atoms with E-state index in [1.807, 2.05) is 0 Å². The number of aromatic nitrogens is 2. The molecule has 3 aromatic rings. The van der Waals surface area contributed by atoms with E-state index in [1.165, 1.54) is 54.6 Å². The quantitative estimate of drug-likeness (QED) is 0.497. The molecule has 0 spiro atoms. The van der Waals surface area contributed by atoms with Gasteiger partial charge in [-0.3, -0.25) is 29.8 Å². The van der Waals surface area contributed by atoms with E-state index in [2.05, 4.69) is 10.4 Å². The van der Waals surface area contributed by atoms with Crippen molar-refractivity contribution in [2.45, 2.75) is 6.54 Å². The van der Waals surface area contributed by atoms with Crippen molar-refractivity contribution in [2.24, 2.45) is 0 Å². The Hall–Kier alpha value is -4.41. The summed E-state index contributed by atoms with van der Waals surface area (Å²) in [4.78, 5) is 44.7. The van der Waals surface area contributed by atoms with Crippen LogP contribution in [0.15, 0.2) is 65.5 Å². The van der Waals surface area contributed by atoms with Gasteiger partial charge in [-0.2, -0.15) is 5.10 Å². The summed E-state index contributed by atoms with van der Waals surface area (Å²) in [5, 5.41) is 28.2. The number of hydrogen-bond acceptors (Lipinski definition) is 7. The van der Waals surface area contributed by atoms with Crippen LogP contribution in [0, 0.1) is 20.2 Å². The number of nitrogens with zero attached hydrogens (tertiary/aromatic N) is 4. The third-order valence-corrected chi connectivity index (χ3v) is 3.87. The highest BCUT2D eigenvalue weighted by Gasteiger charge is 2.12. The molecule has 0 radical (unpaired) electrons. The number of carbonyl (C=O) groups excluding carboxylic acids is 1. The summed E-state index contributed by atoms with van der Waals surface area (Å²) >= 11 is 0. The first-order chi connectivity index (χ1) is 13.8. The summed E-state index contributed by atoms with van der Waals surface area (Å²) in [5.74, 6) is -0.565. The van der Waals surface area contributed by atoms with Gasteiger partial charge in [0.1, 0.15) is 6.54 Å². The zero-order valence-corrected chi connectivity index (χ0v) is 14.7. The molecular formula is C18H13N5O6. The summed E-state index contributed by atoms with van der Waals surface area (Å²) in [6.07, 6.45) is 0. The third kappa shape index (κ3) is 4.66. The number of amides is 1. The van der Waals surface area contributed by atoms with Crippen molar-refractivity contribution in [1.82, 2.24) is 9.78 Å². The molecule has 1 N–H and O–H groups in total. The van der Waals surface area contributed by atoms with Crippen molar-refractivity contribution in [2.75, 3.05) is 5.32 Å². The second-order valence-corrected chi connectivity index (χ2v) is 5.87. The maximum atomic E-state index is 12.2. The first kappa shape index (κ1) is 19.4. The van der Waals surface area contributed by atoms with Gasteiger partial charge in [0.25, 0.3) is 16.9 Å². The molecule has 0 unspecified atom stereocenters. The van der Waals surface area contributed by atoms with Crippen LogP contribution in [0.3, 0.4) is 0 Å². The number of nitro groups is 2. The van der Waals surface area contributed by atoms with Gasteiger partial charge < -0.3 is 5.32 Å². The molecule has 0 aliphatic rings. The van der Waals surface area contributed by atoms with E-state index in [-0.39, 0.29) is 17.1 Å². The number of rotatable bonds is 6. The number of benzene rings is 2. The predicted octanol–water partition coefficient (Wildman–Crippen LogP) is 2.37. The topological polar surface area (TPSA) is 150 Å². The molecule has 3 rings (SSSR count).